The second-order valence-electron chi connectivity index (χ2n) is 20.0. The number of benzene rings is 1. The van der Waals surface area contributed by atoms with Gasteiger partial charge in [-0.15, -0.1) is 0 Å². The molecule has 5 aliphatic carbocycles. The molecule has 6 aliphatic rings. The number of aromatic carboxylic acids is 1. The molecular formula is C46H63N4O4S+3. The average molecular weight is 768 g/mol. The van der Waals surface area contributed by atoms with Crippen LogP contribution in [0.2, 0.25) is 0 Å². The van der Waals surface area contributed by atoms with Crippen molar-refractivity contribution in [2.75, 3.05) is 31.1 Å². The van der Waals surface area contributed by atoms with Gasteiger partial charge in [-0.1, -0.05) is 65.7 Å². The summed E-state index contributed by atoms with van der Waals surface area (Å²) < 4.78 is 24.6. The quantitative estimate of drug-likeness (QED) is 0.292. The van der Waals surface area contributed by atoms with Crippen molar-refractivity contribution in [3.8, 4) is 19.7 Å². The molecule has 0 aromatic heterocycles. The van der Waals surface area contributed by atoms with Gasteiger partial charge in [0.2, 0.25) is 0 Å². The Hall–Kier alpha value is -3.45. The first-order chi connectivity index (χ1) is 25.6. The smallest absolute Gasteiger partial charge is 0.335 e. The fourth-order valence-corrected chi connectivity index (χ4v) is 16.7. The Kier molecular flexibility index (Phi) is 8.88. The van der Waals surface area contributed by atoms with Gasteiger partial charge >= 0.3 is 11.5 Å². The molecule has 8 nitrogen and oxygen atoms in total. The molecule has 0 unspecified atom stereocenters. The number of nitrogens with zero attached hydrogens (tertiary/aromatic N) is 4. The Balaban J connectivity index is 1.34. The van der Waals surface area contributed by atoms with Crippen molar-refractivity contribution < 1.29 is 18.3 Å². The largest absolute Gasteiger partial charge is 0.478 e. The molecule has 9 atom stereocenters. The molecule has 1 heterocycles. The van der Waals surface area contributed by atoms with Crippen molar-refractivity contribution in [3.05, 3.63) is 68.2 Å². The summed E-state index contributed by atoms with van der Waals surface area (Å²) in [6.45, 7) is 43.6. The monoisotopic (exact) mass is 767 g/mol. The summed E-state index contributed by atoms with van der Waals surface area (Å²) in [6, 6.07) is 7.16. The lowest BCUT2D eigenvalue weighted by atomic mass is 9.24. The second kappa shape index (κ2) is 12.3. The van der Waals surface area contributed by atoms with Gasteiger partial charge in [-0.2, -0.15) is 0 Å². The highest BCUT2D eigenvalue weighted by molar-refractivity contribution is 7.91. The summed E-state index contributed by atoms with van der Waals surface area (Å²) in [5.74, 6) is -0.381. The fraction of sp³-hybridized carbons (Fsp3) is 0.696. The predicted octanol–water partition coefficient (Wildman–Crippen LogP) is 9.80. The van der Waals surface area contributed by atoms with E-state index in [0.29, 0.717) is 19.5 Å². The third-order valence-electron chi connectivity index (χ3n) is 18.8. The summed E-state index contributed by atoms with van der Waals surface area (Å²) in [6.07, 6.45) is 11.0. The maximum absolute atomic E-state index is 12.3. The summed E-state index contributed by atoms with van der Waals surface area (Å²) in [7, 11) is -2.97. The molecule has 0 bridgehead atoms. The number of carboxylic acids is 1. The van der Waals surface area contributed by atoms with E-state index in [9.17, 15) is 18.3 Å². The van der Waals surface area contributed by atoms with Gasteiger partial charge in [-0.05, 0) is 114 Å². The molecule has 1 aromatic rings. The Morgan fingerprint density at radius 2 is 1.40 bits per heavy atom. The summed E-state index contributed by atoms with van der Waals surface area (Å²) in [5, 5.41) is 9.60. The van der Waals surface area contributed by atoms with Gasteiger partial charge in [0.1, 0.15) is 5.41 Å². The molecule has 1 saturated heterocycles. The molecular weight excluding hydrogens is 705 g/mol. The molecule has 4 saturated carbocycles. The van der Waals surface area contributed by atoms with Crippen LogP contribution in [0.1, 0.15) is 129 Å². The third kappa shape index (κ3) is 4.51. The topological polar surface area (TPSA) is 87.8 Å². The van der Waals surface area contributed by atoms with E-state index in [-0.39, 0.29) is 44.6 Å². The highest BCUT2D eigenvalue weighted by atomic mass is 32.2. The first-order valence-corrected chi connectivity index (χ1v) is 22.3. The molecule has 0 radical (unpaired) electrons. The maximum Gasteiger partial charge on any atom is 0.335 e. The molecule has 5 fully saturated rings. The normalized spacial score (nSPS) is 44.1. The van der Waals surface area contributed by atoms with Crippen molar-refractivity contribution >= 4 is 21.4 Å². The molecule has 0 amide bonds. The van der Waals surface area contributed by atoms with E-state index in [2.05, 4.69) is 66.0 Å². The SMILES string of the molecule is C#[N+][C@]12CC[C@@]3(C)[C@@](C)(CC[C@@]4(CCN5CCS(=O)(=O)CC5)CC[C@@H](C(=C)C)[C@@]43[N+]#C)[C@]1(C)CC[C@@]1([N+]#C)C(C)(C)C(c3ccc(C(=O)O)cc3)=CC[C@]21C. The highest BCUT2D eigenvalue weighted by Gasteiger charge is 2.94. The van der Waals surface area contributed by atoms with E-state index < -0.39 is 43.3 Å². The van der Waals surface area contributed by atoms with Gasteiger partial charge in [0.25, 0.3) is 30.8 Å². The van der Waals surface area contributed by atoms with Crippen LogP contribution in [-0.4, -0.2) is 72.2 Å². The van der Waals surface area contributed by atoms with Gasteiger partial charge in [0, 0.05) is 25.9 Å². The van der Waals surface area contributed by atoms with Crippen molar-refractivity contribution in [1.29, 1.82) is 0 Å². The van der Waals surface area contributed by atoms with E-state index in [1.165, 1.54) is 0 Å². The van der Waals surface area contributed by atoms with Crippen LogP contribution in [0.5, 0.6) is 0 Å². The van der Waals surface area contributed by atoms with Crippen molar-refractivity contribution in [2.45, 2.75) is 129 Å². The summed E-state index contributed by atoms with van der Waals surface area (Å²) in [5.41, 5.74) is -0.699. The van der Waals surface area contributed by atoms with Crippen LogP contribution < -0.4 is 0 Å². The average Bonchev–Trinajstić information content (AvgIpc) is 3.49. The number of fused-ring (bicyclic) bond motifs is 7. The van der Waals surface area contributed by atoms with Gasteiger partial charge in [0.05, 0.1) is 44.6 Å². The number of allylic oxidation sites excluding steroid dienone is 1. The molecule has 1 aliphatic heterocycles. The first-order valence-electron chi connectivity index (χ1n) is 20.5. The zero-order valence-electron chi connectivity index (χ0n) is 34.4. The molecule has 7 rings (SSSR count). The lowest BCUT2D eigenvalue weighted by Crippen LogP contribution is -2.81. The molecule has 1 aromatic carbocycles. The third-order valence-corrected chi connectivity index (χ3v) is 20.4. The van der Waals surface area contributed by atoms with Crippen LogP contribution in [0.4, 0.5) is 0 Å². The van der Waals surface area contributed by atoms with E-state index >= 15 is 0 Å². The van der Waals surface area contributed by atoms with Crippen LogP contribution in [0, 0.1) is 58.1 Å². The lowest BCUT2D eigenvalue weighted by molar-refractivity contribution is -0.261. The zero-order chi connectivity index (χ0) is 40.3. The second-order valence-corrected chi connectivity index (χ2v) is 22.3. The van der Waals surface area contributed by atoms with Gasteiger partial charge in [-0.3, -0.25) is 0 Å². The molecule has 55 heavy (non-hydrogen) atoms. The number of hydrogen-bond acceptors (Lipinski definition) is 4. The fourth-order valence-electron chi connectivity index (χ4n) is 15.5. The van der Waals surface area contributed by atoms with Crippen molar-refractivity contribution in [1.82, 2.24) is 4.90 Å². The van der Waals surface area contributed by atoms with Crippen LogP contribution in [0.15, 0.2) is 42.5 Å². The molecule has 1 N–H and O–H groups in total. The molecule has 9 heteroatoms. The van der Waals surface area contributed by atoms with Crippen LogP contribution in [-0.2, 0) is 9.84 Å². The number of rotatable bonds is 6. The number of carbonyl (C=O) groups is 1. The minimum atomic E-state index is -2.97. The minimum Gasteiger partial charge on any atom is -0.478 e. The number of hydrogen-bond donors (Lipinski definition) is 1. The van der Waals surface area contributed by atoms with Crippen molar-refractivity contribution in [2.24, 2.45) is 38.4 Å². The van der Waals surface area contributed by atoms with Crippen molar-refractivity contribution in [3.63, 3.8) is 0 Å². The van der Waals surface area contributed by atoms with Gasteiger partial charge < -0.3 is 10.0 Å². The number of sulfone groups is 1. The van der Waals surface area contributed by atoms with E-state index in [0.717, 1.165) is 81.0 Å². The van der Waals surface area contributed by atoms with Crippen LogP contribution in [0.3, 0.4) is 0 Å². The summed E-state index contributed by atoms with van der Waals surface area (Å²) in [4.78, 5) is 29.4. The molecule has 0 spiro atoms. The van der Waals surface area contributed by atoms with Crippen LogP contribution in [0.25, 0.3) is 20.1 Å². The van der Waals surface area contributed by atoms with Gasteiger partial charge in [-0.25, -0.2) is 13.2 Å². The van der Waals surface area contributed by atoms with E-state index in [4.69, 9.17) is 34.3 Å². The molecule has 294 valence electrons. The van der Waals surface area contributed by atoms with Crippen LogP contribution >= 0.6 is 0 Å². The zero-order valence-corrected chi connectivity index (χ0v) is 35.2. The minimum absolute atomic E-state index is 0.124. The maximum atomic E-state index is 12.3. The lowest BCUT2D eigenvalue weighted by Gasteiger charge is -2.72. The standard InChI is InChI=1S/C46H62N4O4S/c1-32(2)35-17-19-43(26-27-50-28-30-55(53,54)31-29-50)23-20-39(5)40(6)21-24-44(47-9)38(3,4)36(33-12-14-34(15-13-33)37(51)52)16-18-42(44,8)45(40,48-10)25-22-41(39,7)46(35,43)49-11/h9-16,35H,1,17-31H2,2-8H3/q+2/p+1/t35-,39-,40-,41-,42-,43+,44+,45+,46-/m0/s1. The predicted molar refractivity (Wildman–Crippen MR) is 223 cm³/mol. The Morgan fingerprint density at radius 1 is 0.818 bits per heavy atom. The Labute approximate surface area is 330 Å². The first kappa shape index (κ1) is 39.8. The van der Waals surface area contributed by atoms with Gasteiger partial charge in [0.15, 0.2) is 9.84 Å². The number of carboxylic acid groups (broad SMARTS) is 1. The Bertz CT molecular complexity index is 2090. The highest BCUT2D eigenvalue weighted by Crippen LogP contribution is 2.85. The summed E-state index contributed by atoms with van der Waals surface area (Å²) >= 11 is 0. The Morgan fingerprint density at radius 3 is 1.96 bits per heavy atom. The van der Waals surface area contributed by atoms with E-state index in [1.54, 1.807) is 12.1 Å². The van der Waals surface area contributed by atoms with E-state index in [1.807, 2.05) is 12.1 Å².